The van der Waals surface area contributed by atoms with Crippen molar-refractivity contribution in [1.29, 1.82) is 5.26 Å². The summed E-state index contributed by atoms with van der Waals surface area (Å²) in [7, 11) is 0. The molecule has 0 aromatic heterocycles. The van der Waals surface area contributed by atoms with Crippen molar-refractivity contribution in [2.24, 2.45) is 5.92 Å². The van der Waals surface area contributed by atoms with E-state index in [1.54, 1.807) is 24.3 Å². The lowest BCUT2D eigenvalue weighted by Crippen LogP contribution is -2.51. The van der Waals surface area contributed by atoms with E-state index in [1.165, 1.54) is 17.7 Å². The van der Waals surface area contributed by atoms with Gasteiger partial charge >= 0.3 is 0 Å². The number of hydrogen-bond donors (Lipinski definition) is 0. The number of likely N-dealkylation sites (tertiary alicyclic amines) is 1. The number of carbonyl (C=O) groups is 1. The van der Waals surface area contributed by atoms with E-state index in [9.17, 15) is 9.18 Å². The van der Waals surface area contributed by atoms with E-state index in [0.29, 0.717) is 30.1 Å². The minimum Gasteiger partial charge on any atom is -0.375 e. The highest BCUT2D eigenvalue weighted by Gasteiger charge is 2.41. The Bertz CT molecular complexity index is 894. The Balaban J connectivity index is 1.35. The second kappa shape index (κ2) is 8.34. The van der Waals surface area contributed by atoms with Crippen LogP contribution >= 0.6 is 0 Å². The lowest BCUT2D eigenvalue weighted by atomic mass is 9.77. The van der Waals surface area contributed by atoms with Gasteiger partial charge < -0.3 is 9.64 Å². The van der Waals surface area contributed by atoms with Crippen molar-refractivity contribution in [3.05, 3.63) is 71.0 Å². The molecule has 0 saturated carbocycles. The van der Waals surface area contributed by atoms with Gasteiger partial charge in [-0.3, -0.25) is 4.79 Å². The highest BCUT2D eigenvalue weighted by molar-refractivity contribution is 5.94. The van der Waals surface area contributed by atoms with Gasteiger partial charge in [-0.2, -0.15) is 5.26 Å². The van der Waals surface area contributed by atoms with Crippen molar-refractivity contribution in [1.82, 2.24) is 4.90 Å². The van der Waals surface area contributed by atoms with Crippen LogP contribution in [0.15, 0.2) is 48.5 Å². The molecule has 2 aliphatic rings. The highest BCUT2D eigenvalue weighted by Crippen LogP contribution is 2.39. The van der Waals surface area contributed by atoms with Crippen molar-refractivity contribution in [3.63, 3.8) is 0 Å². The largest absolute Gasteiger partial charge is 0.375 e. The Hall–Kier alpha value is -2.71. The van der Waals surface area contributed by atoms with Gasteiger partial charge in [0.1, 0.15) is 5.82 Å². The Morgan fingerprint density at radius 3 is 2.48 bits per heavy atom. The van der Waals surface area contributed by atoms with Crippen molar-refractivity contribution >= 4 is 5.91 Å². The molecule has 5 heteroatoms. The topological polar surface area (TPSA) is 53.3 Å². The van der Waals surface area contributed by atoms with Crippen LogP contribution in [0.2, 0.25) is 0 Å². The average molecular weight is 392 g/mol. The second-order valence-corrected chi connectivity index (χ2v) is 8.20. The van der Waals surface area contributed by atoms with Crippen molar-refractivity contribution in [2.75, 3.05) is 19.7 Å². The van der Waals surface area contributed by atoms with Gasteiger partial charge in [-0.05, 0) is 80.0 Å². The normalized spacial score (nSPS) is 21.0. The number of amides is 1. The number of ether oxygens (including phenoxy) is 1. The third-order valence-corrected chi connectivity index (χ3v) is 6.26. The third kappa shape index (κ3) is 4.49. The van der Waals surface area contributed by atoms with Gasteiger partial charge in [-0.15, -0.1) is 0 Å². The SMILES string of the molecule is N#Cc1ccc(C(=O)N2CCC3(CC2)CC(Cc2ccc(F)cc2)CCO3)cc1. The molecule has 2 aliphatic heterocycles. The molecule has 150 valence electrons. The zero-order valence-electron chi connectivity index (χ0n) is 16.4. The zero-order valence-corrected chi connectivity index (χ0v) is 16.4. The van der Waals surface area contributed by atoms with Crippen LogP contribution in [0.25, 0.3) is 0 Å². The predicted octanol–water partition coefficient (Wildman–Crippen LogP) is 4.34. The summed E-state index contributed by atoms with van der Waals surface area (Å²) in [6, 6.07) is 15.7. The molecular weight excluding hydrogens is 367 g/mol. The standard InChI is InChI=1S/C24H25FN2O2/c25-22-7-3-18(4-8-22)15-20-9-14-29-24(16-20)10-12-27(13-11-24)23(28)21-5-1-19(17-26)2-6-21/h1-8,20H,9-16H2. The van der Waals surface area contributed by atoms with Gasteiger partial charge in [0.15, 0.2) is 0 Å². The molecule has 2 aromatic rings. The van der Waals surface area contributed by atoms with Gasteiger partial charge in [0.25, 0.3) is 5.91 Å². The van der Waals surface area contributed by atoms with Crippen LogP contribution in [0, 0.1) is 23.1 Å². The number of halogens is 1. The van der Waals surface area contributed by atoms with Crippen LogP contribution in [-0.2, 0) is 11.2 Å². The molecule has 29 heavy (non-hydrogen) atoms. The molecule has 2 heterocycles. The van der Waals surface area contributed by atoms with Gasteiger partial charge in [-0.1, -0.05) is 12.1 Å². The molecule has 0 radical (unpaired) electrons. The predicted molar refractivity (Wildman–Crippen MR) is 108 cm³/mol. The zero-order chi connectivity index (χ0) is 20.3. The maximum absolute atomic E-state index is 13.1. The molecule has 4 rings (SSSR count). The van der Waals surface area contributed by atoms with E-state index in [4.69, 9.17) is 10.00 Å². The molecule has 4 nitrogen and oxygen atoms in total. The van der Waals surface area contributed by atoms with Gasteiger partial charge in [0.05, 0.1) is 17.2 Å². The first-order valence-electron chi connectivity index (χ1n) is 10.2. The minimum absolute atomic E-state index is 0.0167. The third-order valence-electron chi connectivity index (χ3n) is 6.26. The molecule has 1 unspecified atom stereocenters. The first-order chi connectivity index (χ1) is 14.1. The summed E-state index contributed by atoms with van der Waals surface area (Å²) in [6.45, 7) is 2.11. The van der Waals surface area contributed by atoms with Crippen LogP contribution in [0.4, 0.5) is 4.39 Å². The average Bonchev–Trinajstić information content (AvgIpc) is 2.76. The van der Waals surface area contributed by atoms with Crippen molar-refractivity contribution in [2.45, 2.75) is 37.7 Å². The summed E-state index contributed by atoms with van der Waals surface area (Å²) in [5.74, 6) is 0.342. The van der Waals surface area contributed by atoms with Gasteiger partial charge in [0.2, 0.25) is 0 Å². The lowest BCUT2D eigenvalue weighted by Gasteiger charge is -2.46. The summed E-state index contributed by atoms with van der Waals surface area (Å²) in [5.41, 5.74) is 2.20. The number of piperidine rings is 1. The molecule has 1 atom stereocenters. The van der Waals surface area contributed by atoms with Crippen LogP contribution in [-0.4, -0.2) is 36.1 Å². The summed E-state index contributed by atoms with van der Waals surface area (Å²) in [5, 5.41) is 8.91. The van der Waals surface area contributed by atoms with Crippen molar-refractivity contribution in [3.8, 4) is 6.07 Å². The van der Waals surface area contributed by atoms with Crippen LogP contribution in [0.1, 0.15) is 47.2 Å². The van der Waals surface area contributed by atoms with E-state index < -0.39 is 0 Å². The number of nitriles is 1. The summed E-state index contributed by atoms with van der Waals surface area (Å²) < 4.78 is 19.4. The number of rotatable bonds is 3. The second-order valence-electron chi connectivity index (χ2n) is 8.20. The number of carbonyl (C=O) groups excluding carboxylic acids is 1. The molecule has 2 aromatic carbocycles. The van der Waals surface area contributed by atoms with Crippen molar-refractivity contribution < 1.29 is 13.9 Å². The maximum atomic E-state index is 13.1. The number of benzene rings is 2. The minimum atomic E-state index is -0.198. The summed E-state index contributed by atoms with van der Waals surface area (Å²) in [6.07, 6.45) is 4.64. The van der Waals surface area contributed by atoms with Crippen LogP contribution < -0.4 is 0 Å². The maximum Gasteiger partial charge on any atom is 0.253 e. The molecular formula is C24H25FN2O2. The van der Waals surface area contributed by atoms with Crippen LogP contribution in [0.3, 0.4) is 0 Å². The first-order valence-corrected chi connectivity index (χ1v) is 10.2. The first kappa shape index (κ1) is 19.6. The molecule has 1 amide bonds. The van der Waals surface area contributed by atoms with E-state index in [2.05, 4.69) is 6.07 Å². The highest BCUT2D eigenvalue weighted by atomic mass is 19.1. The number of hydrogen-bond acceptors (Lipinski definition) is 3. The fraction of sp³-hybridized carbons (Fsp3) is 0.417. The Morgan fingerprint density at radius 1 is 1.14 bits per heavy atom. The Labute approximate surface area is 170 Å². The van der Waals surface area contributed by atoms with E-state index >= 15 is 0 Å². The molecule has 0 bridgehead atoms. The van der Waals surface area contributed by atoms with E-state index in [0.717, 1.165) is 38.7 Å². The monoisotopic (exact) mass is 392 g/mol. The Kier molecular flexibility index (Phi) is 5.64. The molecule has 2 saturated heterocycles. The number of nitrogens with zero attached hydrogens (tertiary/aromatic N) is 2. The molecule has 2 fully saturated rings. The Morgan fingerprint density at radius 2 is 1.83 bits per heavy atom. The fourth-order valence-corrected chi connectivity index (χ4v) is 4.59. The lowest BCUT2D eigenvalue weighted by molar-refractivity contribution is -0.123. The molecule has 0 aliphatic carbocycles. The fourth-order valence-electron chi connectivity index (χ4n) is 4.59. The van der Waals surface area contributed by atoms with E-state index in [1.807, 2.05) is 17.0 Å². The van der Waals surface area contributed by atoms with Crippen LogP contribution in [0.5, 0.6) is 0 Å². The van der Waals surface area contributed by atoms with Gasteiger partial charge in [-0.25, -0.2) is 4.39 Å². The summed E-state index contributed by atoms with van der Waals surface area (Å²) in [4.78, 5) is 14.7. The summed E-state index contributed by atoms with van der Waals surface area (Å²) >= 11 is 0. The van der Waals surface area contributed by atoms with E-state index in [-0.39, 0.29) is 17.3 Å². The quantitative estimate of drug-likeness (QED) is 0.781. The molecule has 0 N–H and O–H groups in total. The van der Waals surface area contributed by atoms with Gasteiger partial charge in [0, 0.05) is 25.3 Å². The smallest absolute Gasteiger partial charge is 0.253 e. The molecule has 1 spiro atoms.